The fourth-order valence-corrected chi connectivity index (χ4v) is 1.55. The smallest absolute Gasteiger partial charge is 0.271 e. The molecule has 0 radical (unpaired) electrons. The first-order chi connectivity index (χ1) is 10.1. The van der Waals surface area contributed by atoms with Gasteiger partial charge in [0.05, 0.1) is 10.6 Å². The number of non-ortho nitro benzene ring substituents is 1. The second-order valence-corrected chi connectivity index (χ2v) is 4.03. The molecule has 0 spiro atoms. The Morgan fingerprint density at radius 1 is 1.10 bits per heavy atom. The zero-order chi connectivity index (χ0) is 15.1. The molecule has 0 aliphatic rings. The Labute approximate surface area is 120 Å². The normalized spacial score (nSPS) is 10.3. The van der Waals surface area contributed by atoms with Gasteiger partial charge in [0.25, 0.3) is 11.6 Å². The van der Waals surface area contributed by atoms with Crippen LogP contribution in [0.1, 0.15) is 0 Å². The molecule has 0 aliphatic carbocycles. The number of nitro benzene ring substituents is 1. The number of amides is 1. The van der Waals surface area contributed by atoms with E-state index in [2.05, 4.69) is 15.8 Å². The molecule has 0 aliphatic heterocycles. The van der Waals surface area contributed by atoms with Gasteiger partial charge >= 0.3 is 0 Å². The number of nitrogens with zero attached hydrogens (tertiary/aromatic N) is 2. The van der Waals surface area contributed by atoms with Crippen molar-refractivity contribution in [2.45, 2.75) is 0 Å². The number of hydrogen-bond acceptors (Lipinski definition) is 5. The fourth-order valence-electron chi connectivity index (χ4n) is 1.55. The van der Waals surface area contributed by atoms with E-state index in [0.29, 0.717) is 11.4 Å². The Morgan fingerprint density at radius 3 is 2.52 bits per heavy atom. The monoisotopic (exact) mass is 284 g/mol. The molecule has 0 unspecified atom stereocenters. The van der Waals surface area contributed by atoms with Crippen LogP contribution in [0.4, 0.5) is 17.1 Å². The van der Waals surface area contributed by atoms with Gasteiger partial charge in [-0.25, -0.2) is 0 Å². The lowest BCUT2D eigenvalue weighted by Crippen LogP contribution is -2.13. The number of hydrazone groups is 1. The van der Waals surface area contributed by atoms with Crippen LogP contribution in [0.15, 0.2) is 59.7 Å². The van der Waals surface area contributed by atoms with Crippen LogP contribution in [-0.4, -0.2) is 17.0 Å². The summed E-state index contributed by atoms with van der Waals surface area (Å²) in [6, 6.07) is 14.8. The third kappa shape index (κ3) is 4.43. The van der Waals surface area contributed by atoms with Crippen LogP contribution in [0.2, 0.25) is 0 Å². The van der Waals surface area contributed by atoms with E-state index in [1.54, 1.807) is 30.3 Å². The van der Waals surface area contributed by atoms with E-state index in [1.807, 2.05) is 6.07 Å². The summed E-state index contributed by atoms with van der Waals surface area (Å²) in [7, 11) is 0. The number of para-hydroxylation sites is 1. The molecule has 0 bridgehead atoms. The molecule has 21 heavy (non-hydrogen) atoms. The summed E-state index contributed by atoms with van der Waals surface area (Å²) in [6.07, 6.45) is 1.06. The summed E-state index contributed by atoms with van der Waals surface area (Å²) < 4.78 is 0. The lowest BCUT2D eigenvalue weighted by atomic mass is 10.3. The van der Waals surface area contributed by atoms with Gasteiger partial charge in [0, 0.05) is 17.8 Å². The van der Waals surface area contributed by atoms with Gasteiger partial charge in [0.2, 0.25) is 0 Å². The molecule has 7 nitrogen and oxygen atoms in total. The maximum absolute atomic E-state index is 11.6. The van der Waals surface area contributed by atoms with Crippen LogP contribution in [0.25, 0.3) is 0 Å². The largest absolute Gasteiger partial charge is 0.321 e. The Kier molecular flexibility index (Phi) is 4.60. The lowest BCUT2D eigenvalue weighted by molar-refractivity contribution is -0.384. The van der Waals surface area contributed by atoms with Crippen molar-refractivity contribution in [2.24, 2.45) is 5.10 Å². The van der Waals surface area contributed by atoms with Crippen molar-refractivity contribution >= 4 is 29.2 Å². The van der Waals surface area contributed by atoms with Crippen LogP contribution in [0.3, 0.4) is 0 Å². The minimum absolute atomic E-state index is 0.0519. The molecule has 0 fully saturated rings. The SMILES string of the molecule is O=C(C=NNc1cccc([N+](=O)[O-])c1)Nc1ccccc1. The van der Waals surface area contributed by atoms with E-state index < -0.39 is 10.8 Å². The number of nitrogens with one attached hydrogen (secondary N) is 2. The van der Waals surface area contributed by atoms with Crippen molar-refractivity contribution in [1.29, 1.82) is 0 Å². The quantitative estimate of drug-likeness (QED) is 0.501. The van der Waals surface area contributed by atoms with Crippen LogP contribution >= 0.6 is 0 Å². The Bertz CT molecular complexity index is 671. The molecule has 0 atom stereocenters. The molecule has 2 rings (SSSR count). The van der Waals surface area contributed by atoms with Crippen LogP contribution in [-0.2, 0) is 4.79 Å². The standard InChI is InChI=1S/C14H12N4O3/c19-14(16-11-5-2-1-3-6-11)10-15-17-12-7-4-8-13(9-12)18(20)21/h1-10,17H,(H,16,19). The molecule has 1 amide bonds. The second-order valence-electron chi connectivity index (χ2n) is 4.03. The summed E-state index contributed by atoms with van der Waals surface area (Å²) in [5, 5.41) is 17.0. The minimum atomic E-state index is -0.503. The zero-order valence-electron chi connectivity index (χ0n) is 10.9. The highest BCUT2D eigenvalue weighted by molar-refractivity contribution is 6.31. The number of nitro groups is 1. The first-order valence-corrected chi connectivity index (χ1v) is 6.05. The van der Waals surface area contributed by atoms with Crippen LogP contribution in [0.5, 0.6) is 0 Å². The molecular weight excluding hydrogens is 272 g/mol. The Balaban J connectivity index is 1.91. The maximum Gasteiger partial charge on any atom is 0.271 e. The van der Waals surface area contributed by atoms with E-state index in [4.69, 9.17) is 0 Å². The average Bonchev–Trinajstić information content (AvgIpc) is 2.48. The van der Waals surface area contributed by atoms with Gasteiger partial charge < -0.3 is 5.32 Å². The highest BCUT2D eigenvalue weighted by Crippen LogP contribution is 2.16. The molecule has 2 aromatic rings. The summed E-state index contributed by atoms with van der Waals surface area (Å²) >= 11 is 0. The van der Waals surface area contributed by atoms with Crippen LogP contribution < -0.4 is 10.7 Å². The van der Waals surface area contributed by atoms with Gasteiger partial charge in [0.1, 0.15) is 6.21 Å². The van der Waals surface area contributed by atoms with Crippen molar-refractivity contribution in [3.8, 4) is 0 Å². The molecule has 2 aromatic carbocycles. The van der Waals surface area contributed by atoms with Crippen molar-refractivity contribution in [3.63, 3.8) is 0 Å². The van der Waals surface area contributed by atoms with Crippen molar-refractivity contribution in [1.82, 2.24) is 0 Å². The predicted molar refractivity (Wildman–Crippen MR) is 80.3 cm³/mol. The highest BCUT2D eigenvalue weighted by Gasteiger charge is 2.04. The summed E-state index contributed by atoms with van der Waals surface area (Å²) in [5.41, 5.74) is 3.59. The van der Waals surface area contributed by atoms with Crippen LogP contribution in [0, 0.1) is 10.1 Å². The summed E-state index contributed by atoms with van der Waals surface area (Å²) in [6.45, 7) is 0. The number of benzene rings is 2. The molecule has 106 valence electrons. The third-order valence-electron chi connectivity index (χ3n) is 2.47. The van der Waals surface area contributed by atoms with E-state index in [0.717, 1.165) is 6.21 Å². The van der Waals surface area contributed by atoms with Crippen molar-refractivity contribution < 1.29 is 9.72 Å². The summed E-state index contributed by atoms with van der Waals surface area (Å²) in [4.78, 5) is 21.7. The molecule has 0 saturated carbocycles. The number of rotatable bonds is 5. The molecule has 0 heterocycles. The number of carbonyl (C=O) groups is 1. The molecule has 2 N–H and O–H groups in total. The third-order valence-corrected chi connectivity index (χ3v) is 2.47. The molecule has 7 heteroatoms. The first kappa shape index (κ1) is 14.2. The second kappa shape index (κ2) is 6.80. The lowest BCUT2D eigenvalue weighted by Gasteiger charge is -2.01. The molecule has 0 aromatic heterocycles. The van der Waals surface area contributed by atoms with Gasteiger partial charge in [-0.05, 0) is 18.2 Å². The minimum Gasteiger partial charge on any atom is -0.321 e. The van der Waals surface area contributed by atoms with Gasteiger partial charge in [-0.1, -0.05) is 24.3 Å². The molecular formula is C14H12N4O3. The number of carbonyl (C=O) groups excluding carboxylic acids is 1. The summed E-state index contributed by atoms with van der Waals surface area (Å²) in [5.74, 6) is -0.404. The maximum atomic E-state index is 11.6. The Hall–Kier alpha value is -3.22. The van der Waals surface area contributed by atoms with Gasteiger partial charge in [-0.3, -0.25) is 20.3 Å². The van der Waals surface area contributed by atoms with E-state index in [9.17, 15) is 14.9 Å². The van der Waals surface area contributed by atoms with E-state index in [1.165, 1.54) is 18.2 Å². The van der Waals surface area contributed by atoms with E-state index in [-0.39, 0.29) is 5.69 Å². The first-order valence-electron chi connectivity index (χ1n) is 6.05. The zero-order valence-corrected chi connectivity index (χ0v) is 10.9. The van der Waals surface area contributed by atoms with Gasteiger partial charge in [0.15, 0.2) is 0 Å². The molecule has 0 saturated heterocycles. The topological polar surface area (TPSA) is 96.6 Å². The highest BCUT2D eigenvalue weighted by atomic mass is 16.6. The van der Waals surface area contributed by atoms with Gasteiger partial charge in [-0.2, -0.15) is 5.10 Å². The van der Waals surface area contributed by atoms with Crippen molar-refractivity contribution in [3.05, 3.63) is 64.7 Å². The predicted octanol–water partition coefficient (Wildman–Crippen LogP) is 2.63. The van der Waals surface area contributed by atoms with Crippen molar-refractivity contribution in [2.75, 3.05) is 10.7 Å². The number of hydrogen-bond donors (Lipinski definition) is 2. The fraction of sp³-hybridized carbons (Fsp3) is 0. The van der Waals surface area contributed by atoms with E-state index >= 15 is 0 Å². The number of anilines is 2. The Morgan fingerprint density at radius 2 is 1.81 bits per heavy atom. The average molecular weight is 284 g/mol. The van der Waals surface area contributed by atoms with Gasteiger partial charge in [-0.15, -0.1) is 0 Å².